The summed E-state index contributed by atoms with van der Waals surface area (Å²) in [5.41, 5.74) is 1.10. The summed E-state index contributed by atoms with van der Waals surface area (Å²) >= 11 is 0. The van der Waals surface area contributed by atoms with Crippen LogP contribution in [0.2, 0.25) is 0 Å². The van der Waals surface area contributed by atoms with Crippen molar-refractivity contribution in [3.63, 3.8) is 0 Å². The second kappa shape index (κ2) is 6.63. The Morgan fingerprint density at radius 1 is 1.37 bits per heavy atom. The number of fused-ring (bicyclic) bond motifs is 1. The highest BCUT2D eigenvalue weighted by Gasteiger charge is 2.19. The van der Waals surface area contributed by atoms with Crippen molar-refractivity contribution in [3.05, 3.63) is 17.7 Å². The van der Waals surface area contributed by atoms with E-state index in [1.807, 2.05) is 19.1 Å². The molecule has 0 bridgehead atoms. The van der Waals surface area contributed by atoms with E-state index >= 15 is 0 Å². The van der Waals surface area contributed by atoms with Crippen molar-refractivity contribution < 1.29 is 18.9 Å². The number of ether oxygens (including phenoxy) is 4. The highest BCUT2D eigenvalue weighted by Crippen LogP contribution is 2.41. The van der Waals surface area contributed by atoms with Crippen LogP contribution >= 0.6 is 0 Å². The van der Waals surface area contributed by atoms with Crippen LogP contribution in [0, 0.1) is 0 Å². The van der Waals surface area contributed by atoms with E-state index in [1.165, 1.54) is 0 Å². The van der Waals surface area contributed by atoms with E-state index in [-0.39, 0.29) is 12.9 Å². The van der Waals surface area contributed by atoms with Gasteiger partial charge in [0.15, 0.2) is 11.5 Å². The van der Waals surface area contributed by atoms with Crippen LogP contribution in [-0.4, -0.2) is 33.2 Å². The molecular formula is C14H21NO4. The van der Waals surface area contributed by atoms with Gasteiger partial charge in [0.25, 0.3) is 0 Å². The Morgan fingerprint density at radius 2 is 2.21 bits per heavy atom. The summed E-state index contributed by atoms with van der Waals surface area (Å²) in [5, 5.41) is 3.35. The van der Waals surface area contributed by atoms with Crippen LogP contribution in [0.5, 0.6) is 17.2 Å². The van der Waals surface area contributed by atoms with E-state index in [4.69, 9.17) is 18.9 Å². The lowest BCUT2D eigenvalue weighted by Crippen LogP contribution is -2.26. The molecule has 1 N–H and O–H groups in total. The molecule has 5 heteroatoms. The lowest BCUT2D eigenvalue weighted by molar-refractivity contribution is 0.0759. The summed E-state index contributed by atoms with van der Waals surface area (Å²) in [6, 6.07) is 3.94. The van der Waals surface area contributed by atoms with Crippen LogP contribution in [0.4, 0.5) is 0 Å². The van der Waals surface area contributed by atoms with E-state index in [2.05, 4.69) is 12.2 Å². The lowest BCUT2D eigenvalue weighted by Gasteiger charge is -2.13. The molecule has 106 valence electrons. The van der Waals surface area contributed by atoms with Crippen LogP contribution in [0.3, 0.4) is 0 Å². The molecule has 5 nitrogen and oxygen atoms in total. The number of hydrogen-bond acceptors (Lipinski definition) is 5. The summed E-state index contributed by atoms with van der Waals surface area (Å²) in [6.45, 7) is 6.59. The molecule has 1 atom stereocenters. The Hall–Kier alpha value is -1.46. The van der Waals surface area contributed by atoms with Crippen molar-refractivity contribution >= 4 is 0 Å². The maximum absolute atomic E-state index is 5.47. The Bertz CT molecular complexity index is 422. The number of benzene rings is 1. The number of hydrogen-bond donors (Lipinski definition) is 1. The number of nitrogens with one attached hydrogen (secondary N) is 1. The van der Waals surface area contributed by atoms with Gasteiger partial charge in [0.2, 0.25) is 12.5 Å². The maximum atomic E-state index is 5.47. The Labute approximate surface area is 113 Å². The van der Waals surface area contributed by atoms with Gasteiger partial charge in [-0.05, 0) is 31.5 Å². The van der Waals surface area contributed by atoms with Crippen molar-refractivity contribution in [2.75, 3.05) is 27.1 Å². The summed E-state index contributed by atoms with van der Waals surface area (Å²) in [6.07, 6.45) is 0.209. The smallest absolute Gasteiger partial charge is 0.231 e. The van der Waals surface area contributed by atoms with Crippen LogP contribution in [0.1, 0.15) is 19.4 Å². The van der Waals surface area contributed by atoms with Gasteiger partial charge in [-0.3, -0.25) is 0 Å². The van der Waals surface area contributed by atoms with Gasteiger partial charge >= 0.3 is 0 Å². The first kappa shape index (κ1) is 14.0. The van der Waals surface area contributed by atoms with E-state index in [1.54, 1.807) is 7.11 Å². The molecule has 0 saturated heterocycles. The molecule has 1 aromatic carbocycles. The molecule has 1 unspecified atom stereocenters. The minimum absolute atomic E-state index is 0.209. The van der Waals surface area contributed by atoms with Gasteiger partial charge in [0, 0.05) is 19.7 Å². The topological polar surface area (TPSA) is 49.0 Å². The van der Waals surface area contributed by atoms with Crippen LogP contribution in [0.25, 0.3) is 0 Å². The summed E-state index contributed by atoms with van der Waals surface area (Å²) in [7, 11) is 1.63. The van der Waals surface area contributed by atoms with Gasteiger partial charge in [-0.1, -0.05) is 0 Å². The van der Waals surface area contributed by atoms with Gasteiger partial charge in [0.05, 0.1) is 13.2 Å². The standard InChI is InChI=1S/C14H21NO4/c1-4-17-10(2)7-15-8-11-5-12(16-3)14-13(6-11)18-9-19-14/h5-6,10,15H,4,7-9H2,1-3H3. The molecule has 1 aliphatic heterocycles. The fourth-order valence-electron chi connectivity index (χ4n) is 2.05. The zero-order valence-corrected chi connectivity index (χ0v) is 11.7. The third kappa shape index (κ3) is 3.52. The first-order chi connectivity index (χ1) is 9.24. The molecule has 1 heterocycles. The molecule has 1 aromatic rings. The molecule has 0 aromatic heterocycles. The van der Waals surface area contributed by atoms with Crippen LogP contribution in [-0.2, 0) is 11.3 Å². The van der Waals surface area contributed by atoms with Crippen molar-refractivity contribution in [3.8, 4) is 17.2 Å². The zero-order valence-electron chi connectivity index (χ0n) is 11.7. The lowest BCUT2D eigenvalue weighted by atomic mass is 10.2. The van der Waals surface area contributed by atoms with Crippen molar-refractivity contribution in [1.29, 1.82) is 0 Å². The molecular weight excluding hydrogens is 246 g/mol. The van der Waals surface area contributed by atoms with E-state index in [0.717, 1.165) is 31.0 Å². The fourth-order valence-corrected chi connectivity index (χ4v) is 2.05. The third-order valence-corrected chi connectivity index (χ3v) is 2.93. The van der Waals surface area contributed by atoms with Crippen molar-refractivity contribution in [2.45, 2.75) is 26.5 Å². The van der Waals surface area contributed by atoms with Gasteiger partial charge in [-0.15, -0.1) is 0 Å². The monoisotopic (exact) mass is 267 g/mol. The number of methoxy groups -OCH3 is 1. The molecule has 2 rings (SSSR count). The quantitative estimate of drug-likeness (QED) is 0.818. The maximum Gasteiger partial charge on any atom is 0.231 e. The first-order valence-corrected chi connectivity index (χ1v) is 6.53. The molecule has 1 aliphatic rings. The minimum Gasteiger partial charge on any atom is -0.493 e. The van der Waals surface area contributed by atoms with Crippen molar-refractivity contribution in [2.24, 2.45) is 0 Å². The van der Waals surface area contributed by atoms with Gasteiger partial charge in [0.1, 0.15) is 0 Å². The summed E-state index contributed by atoms with van der Waals surface area (Å²) in [5.74, 6) is 2.15. The van der Waals surface area contributed by atoms with Gasteiger partial charge < -0.3 is 24.3 Å². The molecule has 0 amide bonds. The normalized spacial score (nSPS) is 14.5. The first-order valence-electron chi connectivity index (χ1n) is 6.53. The highest BCUT2D eigenvalue weighted by atomic mass is 16.7. The second-order valence-corrected chi connectivity index (χ2v) is 4.43. The predicted molar refractivity (Wildman–Crippen MR) is 71.9 cm³/mol. The third-order valence-electron chi connectivity index (χ3n) is 2.93. The molecule has 19 heavy (non-hydrogen) atoms. The summed E-state index contributed by atoms with van der Waals surface area (Å²) in [4.78, 5) is 0. The fraction of sp³-hybridized carbons (Fsp3) is 0.571. The second-order valence-electron chi connectivity index (χ2n) is 4.43. The number of rotatable bonds is 7. The van der Waals surface area contributed by atoms with Crippen LogP contribution < -0.4 is 19.5 Å². The summed E-state index contributed by atoms with van der Waals surface area (Å²) < 4.78 is 21.5. The molecule has 0 fully saturated rings. The van der Waals surface area contributed by atoms with Crippen LogP contribution in [0.15, 0.2) is 12.1 Å². The van der Waals surface area contributed by atoms with E-state index < -0.39 is 0 Å². The SMILES string of the molecule is CCOC(C)CNCc1cc(OC)c2c(c1)OCO2. The molecule has 0 aliphatic carbocycles. The molecule has 0 spiro atoms. The average molecular weight is 267 g/mol. The van der Waals surface area contributed by atoms with E-state index in [9.17, 15) is 0 Å². The van der Waals surface area contributed by atoms with Gasteiger partial charge in [-0.25, -0.2) is 0 Å². The minimum atomic E-state index is 0.209. The predicted octanol–water partition coefficient (Wildman–Crippen LogP) is 1.94. The average Bonchev–Trinajstić information content (AvgIpc) is 2.86. The largest absolute Gasteiger partial charge is 0.493 e. The highest BCUT2D eigenvalue weighted by molar-refractivity contribution is 5.55. The zero-order chi connectivity index (χ0) is 13.7. The Balaban J connectivity index is 1.94. The van der Waals surface area contributed by atoms with Crippen molar-refractivity contribution in [1.82, 2.24) is 5.32 Å². The van der Waals surface area contributed by atoms with E-state index in [0.29, 0.717) is 11.5 Å². The Kier molecular flexibility index (Phi) is 4.87. The molecule has 0 radical (unpaired) electrons. The Morgan fingerprint density at radius 3 is 2.95 bits per heavy atom. The van der Waals surface area contributed by atoms with Gasteiger partial charge in [-0.2, -0.15) is 0 Å². The molecule has 0 saturated carbocycles.